The summed E-state index contributed by atoms with van der Waals surface area (Å²) >= 11 is 12.7. The van der Waals surface area contributed by atoms with Crippen molar-refractivity contribution in [3.8, 4) is 17.0 Å². The average molecular weight is 964 g/mol. The highest BCUT2D eigenvalue weighted by atomic mass is 35.5. The number of rotatable bonds is 13. The van der Waals surface area contributed by atoms with E-state index in [1.807, 2.05) is 62.1 Å². The van der Waals surface area contributed by atoms with Crippen molar-refractivity contribution in [3.63, 3.8) is 0 Å². The van der Waals surface area contributed by atoms with E-state index < -0.39 is 41.2 Å². The number of carbonyl (C=O) groups excluding carboxylic acids is 6. The summed E-state index contributed by atoms with van der Waals surface area (Å²) in [6, 6.07) is 13.9. The molecule has 3 saturated heterocycles. The van der Waals surface area contributed by atoms with E-state index >= 15 is 0 Å². The van der Waals surface area contributed by atoms with Gasteiger partial charge in [-0.15, -0.1) is 0 Å². The maximum absolute atomic E-state index is 13.5. The zero-order valence-electron chi connectivity index (χ0n) is 38.0. The number of ether oxygens (including phenoxy) is 1. The van der Waals surface area contributed by atoms with Crippen LogP contribution in [0.4, 0.5) is 5.82 Å². The first-order valence-corrected chi connectivity index (χ1v) is 23.7. The number of piperazine rings is 1. The number of carbonyl (C=O) groups is 6. The standard InChI is InChI=1S/C49H52Cl2N10O7/c1-28(44-36(50)24-52-25-37(44)51)68-32-6-8-38-35(21-32)45(57-56-38)31-5-10-40(53-23-31)59-16-18-60(19-17-59)43(64)22-49(2,3)27-54-42(63)26-58-14-12-29(13-15-58)30-4-7-33-34(20-30)48(67)61(47(33)66)39-9-11-41(62)55-46(39)65/h4-8,10,20-21,23-25,28-29,39H,9,11-19,22,26-27H2,1-3H3,(H,54,63)(H,56,57)(H,55,62,65)/t28-,39?/m1/s1. The number of aromatic nitrogens is 4. The Morgan fingerprint density at radius 1 is 0.882 bits per heavy atom. The number of imide groups is 2. The van der Waals surface area contributed by atoms with Gasteiger partial charge in [-0.1, -0.05) is 43.1 Å². The highest BCUT2D eigenvalue weighted by molar-refractivity contribution is 6.35. The van der Waals surface area contributed by atoms with Gasteiger partial charge in [0, 0.05) is 80.7 Å². The van der Waals surface area contributed by atoms with Crippen LogP contribution in [0.3, 0.4) is 0 Å². The number of pyridine rings is 2. The molecule has 3 fully saturated rings. The van der Waals surface area contributed by atoms with E-state index in [-0.39, 0.29) is 48.2 Å². The van der Waals surface area contributed by atoms with Crippen LogP contribution in [0.25, 0.3) is 22.2 Å². The second kappa shape index (κ2) is 19.3. The lowest BCUT2D eigenvalue weighted by atomic mass is 9.87. The first-order valence-electron chi connectivity index (χ1n) is 22.9. The summed E-state index contributed by atoms with van der Waals surface area (Å²) in [7, 11) is 0. The van der Waals surface area contributed by atoms with Gasteiger partial charge in [-0.2, -0.15) is 5.10 Å². The van der Waals surface area contributed by atoms with Crippen LogP contribution in [0.1, 0.15) is 96.7 Å². The lowest BCUT2D eigenvalue weighted by Gasteiger charge is -2.37. The Bertz CT molecular complexity index is 2780. The predicted molar refractivity (Wildman–Crippen MR) is 254 cm³/mol. The van der Waals surface area contributed by atoms with Crippen molar-refractivity contribution in [1.29, 1.82) is 0 Å². The zero-order chi connectivity index (χ0) is 47.9. The van der Waals surface area contributed by atoms with Gasteiger partial charge in [-0.3, -0.25) is 54.0 Å². The minimum absolute atomic E-state index is 0.0469. The number of amides is 6. The summed E-state index contributed by atoms with van der Waals surface area (Å²) in [6.07, 6.45) is 6.47. The fraction of sp³-hybridized carbons (Fsp3) is 0.408. The lowest BCUT2D eigenvalue weighted by molar-refractivity contribution is -0.136. The first-order chi connectivity index (χ1) is 32.6. The average Bonchev–Trinajstić information content (AvgIpc) is 3.85. The van der Waals surface area contributed by atoms with Crippen LogP contribution in [0, 0.1) is 5.41 Å². The van der Waals surface area contributed by atoms with E-state index in [0.717, 1.165) is 51.3 Å². The van der Waals surface area contributed by atoms with Gasteiger partial charge in [0.25, 0.3) is 11.8 Å². The van der Waals surface area contributed by atoms with Crippen molar-refractivity contribution in [1.82, 2.24) is 45.5 Å². The molecule has 0 radical (unpaired) electrons. The molecule has 68 heavy (non-hydrogen) atoms. The summed E-state index contributed by atoms with van der Waals surface area (Å²) in [5, 5.41) is 14.7. The third-order valence-corrected chi connectivity index (χ3v) is 14.0. The molecule has 0 bridgehead atoms. The number of anilines is 1. The Morgan fingerprint density at radius 2 is 1.62 bits per heavy atom. The summed E-state index contributed by atoms with van der Waals surface area (Å²) in [5.41, 5.74) is 4.10. The van der Waals surface area contributed by atoms with Crippen LogP contribution < -0.4 is 20.3 Å². The highest BCUT2D eigenvalue weighted by Gasteiger charge is 2.45. The number of halogens is 2. The minimum Gasteiger partial charge on any atom is -0.486 e. The Hall–Kier alpha value is -6.43. The summed E-state index contributed by atoms with van der Waals surface area (Å²) in [5.74, 6) is -0.566. The number of benzene rings is 2. The number of piperidine rings is 2. The van der Waals surface area contributed by atoms with Gasteiger partial charge in [0.05, 0.1) is 33.2 Å². The third kappa shape index (κ3) is 9.78. The Kier molecular flexibility index (Phi) is 13.2. The number of nitrogens with one attached hydrogen (secondary N) is 3. The number of H-pyrrole nitrogens is 1. The number of aromatic amines is 1. The SMILES string of the molecule is C[C@@H](Oc1ccc2[nH]nc(-c3ccc(N4CCN(C(=O)CC(C)(C)CNC(=O)CN5CCC(c6ccc7c(c6)C(=O)N(C6CCC(=O)NC6=O)C7=O)CC5)CC4)nc3)c2c1)c1c(Cl)cncc1Cl. The summed E-state index contributed by atoms with van der Waals surface area (Å²) in [4.78, 5) is 93.2. The smallest absolute Gasteiger partial charge is 0.262 e. The Morgan fingerprint density at radius 3 is 2.32 bits per heavy atom. The Labute approximate surface area is 402 Å². The predicted octanol–water partition coefficient (Wildman–Crippen LogP) is 5.93. The van der Waals surface area contributed by atoms with Crippen LogP contribution in [0.5, 0.6) is 5.75 Å². The van der Waals surface area contributed by atoms with E-state index in [9.17, 15) is 28.8 Å². The number of fused-ring (bicyclic) bond motifs is 2. The molecule has 2 atom stereocenters. The van der Waals surface area contributed by atoms with Crippen LogP contribution in [0.15, 0.2) is 67.1 Å². The topological polar surface area (TPSA) is 203 Å². The molecule has 0 aliphatic carbocycles. The number of hydrogen-bond donors (Lipinski definition) is 3. The number of hydrogen-bond acceptors (Lipinski definition) is 12. The normalized spacial score (nSPS) is 18.8. The zero-order valence-corrected chi connectivity index (χ0v) is 39.5. The molecule has 0 spiro atoms. The lowest BCUT2D eigenvalue weighted by Crippen LogP contribution is -2.54. The van der Waals surface area contributed by atoms with Crippen molar-refractivity contribution < 1.29 is 33.5 Å². The molecule has 3 aromatic heterocycles. The Balaban J connectivity index is 0.708. The van der Waals surface area contributed by atoms with Gasteiger partial charge >= 0.3 is 0 Å². The molecule has 17 nitrogen and oxygen atoms in total. The number of nitrogens with zero attached hydrogens (tertiary/aromatic N) is 7. The minimum atomic E-state index is -1.01. The van der Waals surface area contributed by atoms with Crippen LogP contribution in [0.2, 0.25) is 10.0 Å². The van der Waals surface area contributed by atoms with Crippen LogP contribution in [-0.2, 0) is 19.2 Å². The van der Waals surface area contributed by atoms with Gasteiger partial charge < -0.3 is 19.9 Å². The molecular weight excluding hydrogens is 912 g/mol. The fourth-order valence-corrected chi connectivity index (χ4v) is 10.3. The molecule has 9 rings (SSSR count). The van der Waals surface area contributed by atoms with Gasteiger partial charge in [-0.25, -0.2) is 4.98 Å². The first kappa shape index (κ1) is 46.7. The van der Waals surface area contributed by atoms with Crippen molar-refractivity contribution in [2.45, 2.75) is 70.9 Å². The third-order valence-electron chi connectivity index (χ3n) is 13.4. The molecule has 3 N–H and O–H groups in total. The molecule has 6 amide bonds. The second-order valence-corrected chi connectivity index (χ2v) is 19.6. The van der Waals surface area contributed by atoms with Crippen molar-refractivity contribution >= 4 is 75.4 Å². The van der Waals surface area contributed by atoms with Crippen molar-refractivity contribution in [2.24, 2.45) is 5.41 Å². The van der Waals surface area contributed by atoms with Crippen LogP contribution in [-0.4, -0.2) is 129 Å². The highest BCUT2D eigenvalue weighted by Crippen LogP contribution is 2.37. The van der Waals surface area contributed by atoms with Crippen LogP contribution >= 0.6 is 23.2 Å². The molecule has 7 heterocycles. The number of likely N-dealkylation sites (tertiary alicyclic amines) is 1. The molecule has 354 valence electrons. The molecule has 19 heteroatoms. The molecule has 2 aromatic carbocycles. The van der Waals surface area contributed by atoms with E-state index in [1.165, 1.54) is 0 Å². The molecule has 5 aromatic rings. The summed E-state index contributed by atoms with van der Waals surface area (Å²) in [6.45, 7) is 10.2. The molecule has 4 aliphatic rings. The van der Waals surface area contributed by atoms with Gasteiger partial charge in [0.15, 0.2) is 0 Å². The van der Waals surface area contributed by atoms with E-state index in [1.54, 1.807) is 30.7 Å². The van der Waals surface area contributed by atoms with Gasteiger partial charge in [-0.05, 0) is 98.6 Å². The maximum Gasteiger partial charge on any atom is 0.262 e. The molecular formula is C49H52Cl2N10O7. The van der Waals surface area contributed by atoms with E-state index in [4.69, 9.17) is 32.9 Å². The quantitative estimate of drug-likeness (QED) is 0.118. The maximum atomic E-state index is 13.5. The molecule has 4 aliphatic heterocycles. The van der Waals surface area contributed by atoms with Gasteiger partial charge in [0.2, 0.25) is 23.6 Å². The van der Waals surface area contributed by atoms with E-state index in [2.05, 4.69) is 35.6 Å². The molecule has 1 unspecified atom stereocenters. The van der Waals surface area contributed by atoms with Gasteiger partial charge in [0.1, 0.15) is 29.4 Å². The van der Waals surface area contributed by atoms with E-state index in [0.29, 0.717) is 73.6 Å². The largest absolute Gasteiger partial charge is 0.486 e. The van der Waals surface area contributed by atoms with Crippen molar-refractivity contribution in [3.05, 3.63) is 99.4 Å². The molecule has 0 saturated carbocycles. The monoisotopic (exact) mass is 962 g/mol. The fourth-order valence-electron chi connectivity index (χ4n) is 9.60. The second-order valence-electron chi connectivity index (χ2n) is 18.7. The van der Waals surface area contributed by atoms with Crippen molar-refractivity contribution in [2.75, 3.05) is 57.3 Å². The summed E-state index contributed by atoms with van der Waals surface area (Å²) < 4.78 is 6.24.